The smallest absolute Gasteiger partial charge is 0.338 e. The summed E-state index contributed by atoms with van der Waals surface area (Å²) in [5.74, 6) is 0.870. The van der Waals surface area contributed by atoms with Crippen LogP contribution in [-0.4, -0.2) is 33.2 Å². The molecule has 0 bridgehead atoms. The molecule has 2 rings (SSSR count). The first kappa shape index (κ1) is 12.0. The minimum Gasteiger partial charge on any atom is -0.465 e. The minimum atomic E-state index is -0.396. The standard InChI is InChI=1S/C11H13N5O2/c1-7(10-13-6-14-16-10)15-9-5-8(3-4-12-9)11(17)18-2/h3-7H,1-2H3,(H,12,15)(H,13,14,16). The number of aromatic nitrogens is 4. The molecule has 18 heavy (non-hydrogen) atoms. The van der Waals surface area contributed by atoms with Crippen LogP contribution in [0, 0.1) is 0 Å². The quantitative estimate of drug-likeness (QED) is 0.787. The van der Waals surface area contributed by atoms with Gasteiger partial charge in [0.2, 0.25) is 0 Å². The third-order valence-electron chi connectivity index (χ3n) is 2.39. The van der Waals surface area contributed by atoms with Crippen molar-refractivity contribution in [2.24, 2.45) is 0 Å². The van der Waals surface area contributed by atoms with E-state index in [0.717, 1.165) is 0 Å². The van der Waals surface area contributed by atoms with E-state index in [1.165, 1.54) is 13.4 Å². The van der Waals surface area contributed by atoms with Crippen LogP contribution >= 0.6 is 0 Å². The number of nitrogens with zero attached hydrogens (tertiary/aromatic N) is 3. The SMILES string of the molecule is COC(=O)c1ccnc(NC(C)c2ncn[nH]2)c1. The summed E-state index contributed by atoms with van der Waals surface area (Å²) in [5, 5.41) is 9.65. The number of carbonyl (C=O) groups is 1. The normalized spacial score (nSPS) is 11.9. The van der Waals surface area contributed by atoms with Gasteiger partial charge in [-0.1, -0.05) is 0 Å². The zero-order chi connectivity index (χ0) is 13.0. The summed E-state index contributed by atoms with van der Waals surface area (Å²) in [6.45, 7) is 1.91. The molecule has 0 spiro atoms. The molecule has 0 saturated heterocycles. The van der Waals surface area contributed by atoms with Gasteiger partial charge < -0.3 is 10.1 Å². The Morgan fingerprint density at radius 2 is 2.33 bits per heavy atom. The maximum Gasteiger partial charge on any atom is 0.338 e. The van der Waals surface area contributed by atoms with Gasteiger partial charge in [0.1, 0.15) is 18.0 Å². The van der Waals surface area contributed by atoms with Gasteiger partial charge in [-0.3, -0.25) is 5.10 Å². The molecule has 0 fully saturated rings. The fourth-order valence-corrected chi connectivity index (χ4v) is 1.47. The number of anilines is 1. The van der Waals surface area contributed by atoms with Gasteiger partial charge in [-0.25, -0.2) is 14.8 Å². The van der Waals surface area contributed by atoms with Crippen molar-refractivity contribution in [3.63, 3.8) is 0 Å². The Labute approximate surface area is 104 Å². The summed E-state index contributed by atoms with van der Waals surface area (Å²) < 4.78 is 4.65. The third kappa shape index (κ3) is 2.62. The van der Waals surface area contributed by atoms with Crippen molar-refractivity contribution in [2.75, 3.05) is 12.4 Å². The summed E-state index contributed by atoms with van der Waals surface area (Å²) in [4.78, 5) is 19.5. The minimum absolute atomic E-state index is 0.0899. The second kappa shape index (κ2) is 5.26. The molecule has 1 atom stereocenters. The average molecular weight is 247 g/mol. The molecule has 2 heterocycles. The molecule has 2 aromatic rings. The van der Waals surface area contributed by atoms with E-state index in [1.807, 2.05) is 6.92 Å². The summed E-state index contributed by atoms with van der Waals surface area (Å²) >= 11 is 0. The van der Waals surface area contributed by atoms with E-state index in [-0.39, 0.29) is 6.04 Å². The Kier molecular flexibility index (Phi) is 3.52. The predicted molar refractivity (Wildman–Crippen MR) is 64.0 cm³/mol. The van der Waals surface area contributed by atoms with Crippen LogP contribution in [0.15, 0.2) is 24.7 Å². The van der Waals surface area contributed by atoms with E-state index in [0.29, 0.717) is 17.2 Å². The van der Waals surface area contributed by atoms with E-state index in [2.05, 4.69) is 30.2 Å². The van der Waals surface area contributed by atoms with Gasteiger partial charge in [-0.15, -0.1) is 0 Å². The highest BCUT2D eigenvalue weighted by molar-refractivity contribution is 5.89. The van der Waals surface area contributed by atoms with Crippen molar-refractivity contribution in [2.45, 2.75) is 13.0 Å². The van der Waals surface area contributed by atoms with Gasteiger partial charge in [0.25, 0.3) is 0 Å². The molecule has 2 aromatic heterocycles. The van der Waals surface area contributed by atoms with E-state index in [1.54, 1.807) is 18.3 Å². The Morgan fingerprint density at radius 3 is 3.00 bits per heavy atom. The highest BCUT2D eigenvalue weighted by atomic mass is 16.5. The number of rotatable bonds is 4. The monoisotopic (exact) mass is 247 g/mol. The first-order chi connectivity index (χ1) is 8.70. The molecule has 1 unspecified atom stereocenters. The molecule has 0 radical (unpaired) electrons. The number of hydrogen-bond acceptors (Lipinski definition) is 6. The van der Waals surface area contributed by atoms with Gasteiger partial charge in [-0.2, -0.15) is 5.10 Å². The molecule has 7 nitrogen and oxygen atoms in total. The maximum absolute atomic E-state index is 11.4. The van der Waals surface area contributed by atoms with Gasteiger partial charge in [0.05, 0.1) is 18.7 Å². The molecular weight excluding hydrogens is 234 g/mol. The van der Waals surface area contributed by atoms with Crippen LogP contribution in [0.4, 0.5) is 5.82 Å². The van der Waals surface area contributed by atoms with Gasteiger partial charge in [0.15, 0.2) is 0 Å². The summed E-state index contributed by atoms with van der Waals surface area (Å²) in [6.07, 6.45) is 2.98. The van der Waals surface area contributed by atoms with Crippen molar-refractivity contribution in [3.05, 3.63) is 36.0 Å². The fraction of sp³-hybridized carbons (Fsp3) is 0.273. The molecule has 2 N–H and O–H groups in total. The van der Waals surface area contributed by atoms with Crippen molar-refractivity contribution >= 4 is 11.8 Å². The Hall–Kier alpha value is -2.44. The Bertz CT molecular complexity index is 526. The first-order valence-corrected chi connectivity index (χ1v) is 5.37. The Balaban J connectivity index is 2.12. The van der Waals surface area contributed by atoms with Crippen LogP contribution < -0.4 is 5.32 Å². The average Bonchev–Trinajstić information content (AvgIpc) is 2.92. The van der Waals surface area contributed by atoms with Crippen LogP contribution in [0.3, 0.4) is 0 Å². The lowest BCUT2D eigenvalue weighted by Crippen LogP contribution is -2.10. The van der Waals surface area contributed by atoms with Crippen molar-refractivity contribution in [1.82, 2.24) is 20.2 Å². The lowest BCUT2D eigenvalue weighted by Gasteiger charge is -2.11. The largest absolute Gasteiger partial charge is 0.465 e. The van der Waals surface area contributed by atoms with E-state index in [9.17, 15) is 4.79 Å². The lowest BCUT2D eigenvalue weighted by atomic mass is 10.2. The van der Waals surface area contributed by atoms with Gasteiger partial charge in [0, 0.05) is 6.20 Å². The first-order valence-electron chi connectivity index (χ1n) is 5.37. The molecule has 7 heteroatoms. The number of methoxy groups -OCH3 is 1. The molecule has 0 aliphatic heterocycles. The summed E-state index contributed by atoms with van der Waals surface area (Å²) in [7, 11) is 1.34. The number of H-pyrrole nitrogens is 1. The zero-order valence-electron chi connectivity index (χ0n) is 10.0. The summed E-state index contributed by atoms with van der Waals surface area (Å²) in [6, 6.07) is 3.13. The second-order valence-electron chi connectivity index (χ2n) is 3.66. The molecule has 0 aliphatic rings. The number of carbonyl (C=O) groups excluding carboxylic acids is 1. The van der Waals surface area contributed by atoms with Crippen molar-refractivity contribution in [3.8, 4) is 0 Å². The Morgan fingerprint density at radius 1 is 1.50 bits per heavy atom. The van der Waals surface area contributed by atoms with E-state index < -0.39 is 5.97 Å². The van der Waals surface area contributed by atoms with Crippen LogP contribution in [-0.2, 0) is 4.74 Å². The molecule has 0 amide bonds. The van der Waals surface area contributed by atoms with Crippen LogP contribution in [0.1, 0.15) is 29.1 Å². The van der Waals surface area contributed by atoms with Crippen molar-refractivity contribution < 1.29 is 9.53 Å². The van der Waals surface area contributed by atoms with Gasteiger partial charge in [-0.05, 0) is 19.1 Å². The zero-order valence-corrected chi connectivity index (χ0v) is 10.0. The maximum atomic E-state index is 11.4. The molecule has 0 aliphatic carbocycles. The predicted octanol–water partition coefficient (Wildman–Crippen LogP) is 1.16. The number of esters is 1. The van der Waals surface area contributed by atoms with Crippen LogP contribution in [0.25, 0.3) is 0 Å². The van der Waals surface area contributed by atoms with Crippen LogP contribution in [0.2, 0.25) is 0 Å². The lowest BCUT2D eigenvalue weighted by molar-refractivity contribution is 0.0600. The molecule has 0 aromatic carbocycles. The fourth-order valence-electron chi connectivity index (χ4n) is 1.47. The third-order valence-corrected chi connectivity index (χ3v) is 2.39. The topological polar surface area (TPSA) is 92.8 Å². The molecular formula is C11H13N5O2. The number of ether oxygens (including phenoxy) is 1. The number of pyridine rings is 1. The molecule has 0 saturated carbocycles. The highest BCUT2D eigenvalue weighted by Crippen LogP contribution is 2.15. The number of nitrogens with one attached hydrogen (secondary N) is 2. The van der Waals surface area contributed by atoms with E-state index >= 15 is 0 Å². The highest BCUT2D eigenvalue weighted by Gasteiger charge is 2.11. The molecule has 94 valence electrons. The van der Waals surface area contributed by atoms with Gasteiger partial charge >= 0.3 is 5.97 Å². The second-order valence-corrected chi connectivity index (χ2v) is 3.66. The van der Waals surface area contributed by atoms with E-state index in [4.69, 9.17) is 0 Å². The van der Waals surface area contributed by atoms with Crippen LogP contribution in [0.5, 0.6) is 0 Å². The summed E-state index contributed by atoms with van der Waals surface area (Å²) in [5.41, 5.74) is 0.444. The number of aromatic amines is 1. The number of hydrogen-bond donors (Lipinski definition) is 2. The van der Waals surface area contributed by atoms with Crippen molar-refractivity contribution in [1.29, 1.82) is 0 Å².